The van der Waals surface area contributed by atoms with Gasteiger partial charge in [-0.05, 0) is 24.7 Å². The molecule has 6 nitrogen and oxygen atoms in total. The van der Waals surface area contributed by atoms with Gasteiger partial charge in [0.05, 0.1) is 10.8 Å². The van der Waals surface area contributed by atoms with Crippen molar-refractivity contribution in [1.29, 1.82) is 0 Å². The highest BCUT2D eigenvalue weighted by molar-refractivity contribution is 7.90. The quantitative estimate of drug-likeness (QED) is 0.838. The molecule has 2 rings (SSSR count). The predicted octanol–water partition coefficient (Wildman–Crippen LogP) is -0.0610. The normalized spacial score (nSPS) is 21.5. The van der Waals surface area contributed by atoms with E-state index in [2.05, 4.69) is 9.80 Å². The summed E-state index contributed by atoms with van der Waals surface area (Å²) in [6.07, 6.45) is 1.20. The van der Waals surface area contributed by atoms with E-state index in [1.54, 1.807) is 12.1 Å². The first-order chi connectivity index (χ1) is 10.3. The first-order valence-electron chi connectivity index (χ1n) is 7.25. The van der Waals surface area contributed by atoms with Crippen LogP contribution >= 0.6 is 0 Å². The average molecular weight is 325 g/mol. The van der Waals surface area contributed by atoms with Crippen molar-refractivity contribution in [3.63, 3.8) is 0 Å². The lowest BCUT2D eigenvalue weighted by molar-refractivity contribution is -0.122. The first kappa shape index (κ1) is 16.9. The van der Waals surface area contributed by atoms with E-state index in [1.165, 1.54) is 6.26 Å². The van der Waals surface area contributed by atoms with Crippen LogP contribution in [0.15, 0.2) is 29.2 Å². The topological polar surface area (TPSA) is 83.7 Å². The largest absolute Gasteiger partial charge is 0.369 e. The van der Waals surface area contributed by atoms with Crippen LogP contribution in [0.2, 0.25) is 0 Å². The van der Waals surface area contributed by atoms with E-state index < -0.39 is 9.84 Å². The third kappa shape index (κ3) is 4.53. The summed E-state index contributed by atoms with van der Waals surface area (Å²) in [4.78, 5) is 16.1. The minimum atomic E-state index is -3.17. The molecule has 1 heterocycles. The van der Waals surface area contributed by atoms with Crippen molar-refractivity contribution in [2.24, 2.45) is 11.7 Å². The fraction of sp³-hybridized carbons (Fsp3) is 0.533. The molecule has 1 aliphatic heterocycles. The van der Waals surface area contributed by atoms with E-state index >= 15 is 0 Å². The summed E-state index contributed by atoms with van der Waals surface area (Å²) in [6, 6.07) is 6.90. The van der Waals surface area contributed by atoms with Crippen LogP contribution in [0, 0.1) is 5.92 Å². The molecule has 0 spiro atoms. The molecule has 0 saturated carbocycles. The summed E-state index contributed by atoms with van der Waals surface area (Å²) < 4.78 is 22.9. The summed E-state index contributed by atoms with van der Waals surface area (Å²) in [7, 11) is -1.18. The Hall–Kier alpha value is -1.44. The Bertz CT molecular complexity index is 628. The second-order valence-corrected chi connectivity index (χ2v) is 8.03. The molecule has 1 aromatic carbocycles. The number of rotatable bonds is 4. The first-order valence-corrected chi connectivity index (χ1v) is 9.14. The molecule has 1 aliphatic rings. The highest BCUT2D eigenvalue weighted by Crippen LogP contribution is 2.15. The van der Waals surface area contributed by atoms with Gasteiger partial charge in [0.2, 0.25) is 5.91 Å². The highest BCUT2D eigenvalue weighted by atomic mass is 32.2. The fourth-order valence-corrected chi connectivity index (χ4v) is 3.29. The van der Waals surface area contributed by atoms with Crippen LogP contribution < -0.4 is 5.73 Å². The van der Waals surface area contributed by atoms with Gasteiger partial charge in [0.1, 0.15) is 0 Å². The zero-order chi connectivity index (χ0) is 16.3. The van der Waals surface area contributed by atoms with Crippen molar-refractivity contribution in [3.8, 4) is 0 Å². The maximum absolute atomic E-state index is 11.5. The lowest BCUT2D eigenvalue weighted by Crippen LogP contribution is -2.37. The minimum absolute atomic E-state index is 0.178. The van der Waals surface area contributed by atoms with Crippen LogP contribution in [0.3, 0.4) is 0 Å². The number of primary amides is 1. The molecule has 1 unspecified atom stereocenters. The number of nitrogens with zero attached hydrogens (tertiary/aromatic N) is 2. The SMILES string of the molecule is CN1CCN(Cc2ccc(S(C)(=O)=O)cc2)CC(C(N)=O)C1. The van der Waals surface area contributed by atoms with Crippen LogP contribution in [0.25, 0.3) is 0 Å². The lowest BCUT2D eigenvalue weighted by atomic mass is 10.1. The molecule has 0 bridgehead atoms. The molecular formula is C15H23N3O3S. The number of hydrogen-bond donors (Lipinski definition) is 1. The van der Waals surface area contributed by atoms with Crippen LogP contribution in [0.1, 0.15) is 5.56 Å². The van der Waals surface area contributed by atoms with Crippen molar-refractivity contribution in [2.75, 3.05) is 39.5 Å². The monoisotopic (exact) mass is 325 g/mol. The zero-order valence-electron chi connectivity index (χ0n) is 13.0. The molecule has 1 saturated heterocycles. The second-order valence-electron chi connectivity index (χ2n) is 6.01. The Labute approximate surface area is 131 Å². The highest BCUT2D eigenvalue weighted by Gasteiger charge is 2.24. The summed E-state index contributed by atoms with van der Waals surface area (Å²) in [6.45, 7) is 3.73. The molecule has 1 amide bonds. The number of benzene rings is 1. The molecule has 0 radical (unpaired) electrons. The van der Waals surface area contributed by atoms with Crippen LogP contribution in [0.4, 0.5) is 0 Å². The molecule has 0 aromatic heterocycles. The van der Waals surface area contributed by atoms with Gasteiger partial charge in [-0.1, -0.05) is 12.1 Å². The van der Waals surface area contributed by atoms with E-state index in [-0.39, 0.29) is 11.8 Å². The Morgan fingerprint density at radius 3 is 2.41 bits per heavy atom. The molecule has 7 heteroatoms. The van der Waals surface area contributed by atoms with Gasteiger partial charge in [-0.15, -0.1) is 0 Å². The number of nitrogens with two attached hydrogens (primary N) is 1. The van der Waals surface area contributed by atoms with E-state index in [0.717, 1.165) is 18.7 Å². The fourth-order valence-electron chi connectivity index (χ4n) is 2.66. The predicted molar refractivity (Wildman–Crippen MR) is 85.0 cm³/mol. The molecular weight excluding hydrogens is 302 g/mol. The Kier molecular flexibility index (Phi) is 5.20. The lowest BCUT2D eigenvalue weighted by Gasteiger charge is -2.22. The van der Waals surface area contributed by atoms with Crippen LogP contribution in [0.5, 0.6) is 0 Å². The van der Waals surface area contributed by atoms with E-state index in [1.807, 2.05) is 19.2 Å². The Morgan fingerprint density at radius 1 is 1.23 bits per heavy atom. The number of amides is 1. The third-order valence-corrected chi connectivity index (χ3v) is 5.10. The van der Waals surface area contributed by atoms with Gasteiger partial charge >= 0.3 is 0 Å². The maximum Gasteiger partial charge on any atom is 0.223 e. The van der Waals surface area contributed by atoms with E-state index in [0.29, 0.717) is 24.5 Å². The number of carbonyl (C=O) groups is 1. The molecule has 1 aromatic rings. The van der Waals surface area contributed by atoms with Gasteiger partial charge in [0, 0.05) is 39.0 Å². The number of sulfone groups is 1. The van der Waals surface area contributed by atoms with Gasteiger partial charge in [0.15, 0.2) is 9.84 Å². The average Bonchev–Trinajstić information content (AvgIpc) is 2.61. The van der Waals surface area contributed by atoms with Crippen molar-refractivity contribution in [1.82, 2.24) is 9.80 Å². The minimum Gasteiger partial charge on any atom is -0.369 e. The Morgan fingerprint density at radius 2 is 1.86 bits per heavy atom. The summed E-state index contributed by atoms with van der Waals surface area (Å²) in [5, 5.41) is 0. The summed E-state index contributed by atoms with van der Waals surface area (Å²) in [5.41, 5.74) is 6.49. The summed E-state index contributed by atoms with van der Waals surface area (Å²) >= 11 is 0. The van der Waals surface area contributed by atoms with Gasteiger partial charge in [-0.2, -0.15) is 0 Å². The van der Waals surface area contributed by atoms with E-state index in [4.69, 9.17) is 5.73 Å². The number of hydrogen-bond acceptors (Lipinski definition) is 5. The smallest absolute Gasteiger partial charge is 0.223 e. The van der Waals surface area contributed by atoms with Crippen molar-refractivity contribution in [3.05, 3.63) is 29.8 Å². The van der Waals surface area contributed by atoms with Gasteiger partial charge in [0.25, 0.3) is 0 Å². The summed E-state index contributed by atoms with van der Waals surface area (Å²) in [5.74, 6) is -0.450. The van der Waals surface area contributed by atoms with Gasteiger partial charge in [-0.3, -0.25) is 9.69 Å². The number of carbonyl (C=O) groups excluding carboxylic acids is 1. The molecule has 1 atom stereocenters. The van der Waals surface area contributed by atoms with Crippen molar-refractivity contribution >= 4 is 15.7 Å². The molecule has 122 valence electrons. The standard InChI is InChI=1S/C15H23N3O3S/c1-17-7-8-18(11-13(10-17)15(16)19)9-12-3-5-14(6-4-12)22(2,20)21/h3-6,13H,7-11H2,1-2H3,(H2,16,19). The molecule has 0 aliphatic carbocycles. The molecule has 2 N–H and O–H groups in total. The van der Waals surface area contributed by atoms with Crippen molar-refractivity contribution < 1.29 is 13.2 Å². The second kappa shape index (κ2) is 6.76. The molecule has 1 fully saturated rings. The van der Waals surface area contributed by atoms with Crippen LogP contribution in [-0.4, -0.2) is 63.6 Å². The zero-order valence-corrected chi connectivity index (χ0v) is 13.8. The number of likely N-dealkylation sites (N-methyl/N-ethyl adjacent to an activating group) is 1. The van der Waals surface area contributed by atoms with Crippen molar-refractivity contribution in [2.45, 2.75) is 11.4 Å². The van der Waals surface area contributed by atoms with Gasteiger partial charge < -0.3 is 10.6 Å². The maximum atomic E-state index is 11.5. The molecule has 22 heavy (non-hydrogen) atoms. The third-order valence-electron chi connectivity index (χ3n) is 3.97. The van der Waals surface area contributed by atoms with E-state index in [9.17, 15) is 13.2 Å². The van der Waals surface area contributed by atoms with Crippen LogP contribution in [-0.2, 0) is 21.2 Å². The Balaban J connectivity index is 2.07. The van der Waals surface area contributed by atoms with Gasteiger partial charge in [-0.25, -0.2) is 8.42 Å².